The van der Waals surface area contributed by atoms with Crippen molar-refractivity contribution in [2.75, 3.05) is 6.61 Å². The van der Waals surface area contributed by atoms with E-state index in [1.165, 1.54) is 17.2 Å². The van der Waals surface area contributed by atoms with Crippen molar-refractivity contribution in [3.05, 3.63) is 12.3 Å². The molecule has 3 N–H and O–H groups in total. The molecular weight excluding hydrogens is 362 g/mol. The summed E-state index contributed by atoms with van der Waals surface area (Å²) < 4.78 is 15.7. The zero-order chi connectivity index (χ0) is 19.4. The summed E-state index contributed by atoms with van der Waals surface area (Å²) >= 11 is 0. The van der Waals surface area contributed by atoms with Crippen LogP contribution in [0.25, 0.3) is 0 Å². The van der Waals surface area contributed by atoms with E-state index < -0.39 is 43.0 Å². The Balaban J connectivity index is 1.54. The van der Waals surface area contributed by atoms with E-state index in [1.54, 1.807) is 0 Å². The molecule has 0 radical (unpaired) electrons. The molecule has 0 amide bonds. The van der Waals surface area contributed by atoms with Crippen molar-refractivity contribution in [3.63, 3.8) is 0 Å². The molecule has 11 heteroatoms. The molecule has 2 saturated heterocycles. The zero-order valence-electron chi connectivity index (χ0n) is 14.8. The van der Waals surface area contributed by atoms with Crippen molar-refractivity contribution in [1.82, 2.24) is 10.4 Å². The van der Waals surface area contributed by atoms with Crippen molar-refractivity contribution in [3.8, 4) is 0 Å². The van der Waals surface area contributed by atoms with Gasteiger partial charge in [0.2, 0.25) is 6.35 Å². The number of hydrogen-bond acceptors (Lipinski definition) is 11. The standard InChI is InChI=1S/C16H23N3O8/c1-2-3-4-5-11(21)27-18-10-6-7-19(15(22)17-10)14-13-12(9(8-20)24-14)25-16(23)26-13/h6-7,9,12-15,20,22H,2-5,8H2,1H3,(H,17,18)/t9-,12-,13-,14-,15?/m1/s1. The Labute approximate surface area is 155 Å². The number of rotatable bonds is 6. The van der Waals surface area contributed by atoms with Crippen molar-refractivity contribution in [1.29, 1.82) is 0 Å². The molecule has 5 atom stereocenters. The Kier molecular flexibility index (Phi) is 6.14. The lowest BCUT2D eigenvalue weighted by Crippen LogP contribution is -2.47. The third-order valence-corrected chi connectivity index (χ3v) is 4.40. The highest BCUT2D eigenvalue weighted by Gasteiger charge is 2.56. The molecule has 3 aliphatic rings. The molecule has 3 aliphatic heterocycles. The fourth-order valence-corrected chi connectivity index (χ4v) is 3.04. The maximum absolute atomic E-state index is 11.6. The lowest BCUT2D eigenvalue weighted by molar-refractivity contribution is -0.148. The number of ether oxygens (including phenoxy) is 3. The number of carbonyl (C=O) groups is 2. The minimum absolute atomic E-state index is 0.149. The number of nitrogens with one attached hydrogen (secondary N) is 1. The molecule has 27 heavy (non-hydrogen) atoms. The fraction of sp³-hybridized carbons (Fsp3) is 0.688. The molecule has 0 spiro atoms. The second kappa shape index (κ2) is 8.55. The summed E-state index contributed by atoms with van der Waals surface area (Å²) in [5.41, 5.74) is 2.40. The van der Waals surface area contributed by atoms with Gasteiger partial charge in [0.05, 0.1) is 6.61 Å². The van der Waals surface area contributed by atoms with Crippen LogP contribution in [-0.2, 0) is 23.8 Å². The molecular formula is C16H23N3O8. The van der Waals surface area contributed by atoms with E-state index in [-0.39, 0.29) is 12.4 Å². The smallest absolute Gasteiger partial charge is 0.424 e. The third-order valence-electron chi connectivity index (χ3n) is 4.40. The van der Waals surface area contributed by atoms with Gasteiger partial charge in [-0.25, -0.2) is 20.1 Å². The Hall–Kier alpha value is -2.37. The van der Waals surface area contributed by atoms with E-state index in [9.17, 15) is 19.8 Å². The zero-order valence-corrected chi connectivity index (χ0v) is 14.8. The molecule has 150 valence electrons. The van der Waals surface area contributed by atoms with Crippen molar-refractivity contribution in [2.45, 2.75) is 63.5 Å². The first kappa shape index (κ1) is 19.4. The van der Waals surface area contributed by atoms with E-state index >= 15 is 0 Å². The molecule has 0 aromatic heterocycles. The average molecular weight is 385 g/mol. The molecule has 0 aromatic carbocycles. The SMILES string of the molecule is CCCCCC(=O)ONC1=NC(O)N([C@@H]2O[C@H](CO)[C@H]3OC(=O)O[C@H]32)C=C1. The number of aliphatic imine (C=N–C) groups is 1. The summed E-state index contributed by atoms with van der Waals surface area (Å²) in [5, 5.41) is 19.6. The number of amidine groups is 1. The van der Waals surface area contributed by atoms with Gasteiger partial charge in [-0.1, -0.05) is 19.8 Å². The average Bonchev–Trinajstić information content (AvgIpc) is 3.17. The van der Waals surface area contributed by atoms with E-state index in [0.29, 0.717) is 6.42 Å². The van der Waals surface area contributed by atoms with Gasteiger partial charge in [-0.3, -0.25) is 0 Å². The number of aliphatic hydroxyl groups excluding tert-OH is 2. The predicted octanol–water partition coefficient (Wildman–Crippen LogP) is -0.261. The summed E-state index contributed by atoms with van der Waals surface area (Å²) in [5.74, 6) is -0.269. The number of hydrogen-bond donors (Lipinski definition) is 3. The van der Waals surface area contributed by atoms with Crippen LogP contribution in [0.3, 0.4) is 0 Å². The van der Waals surface area contributed by atoms with Crippen LogP contribution in [0.4, 0.5) is 4.79 Å². The summed E-state index contributed by atoms with van der Waals surface area (Å²) in [6, 6.07) is 0. The van der Waals surface area contributed by atoms with Gasteiger partial charge in [-0.15, -0.1) is 0 Å². The number of unbranched alkanes of at least 4 members (excludes halogenated alkanes) is 2. The van der Waals surface area contributed by atoms with Gasteiger partial charge in [0.25, 0.3) is 0 Å². The van der Waals surface area contributed by atoms with E-state index in [1.807, 2.05) is 6.92 Å². The molecule has 0 saturated carbocycles. The topological polar surface area (TPSA) is 139 Å². The van der Waals surface area contributed by atoms with Crippen LogP contribution in [0.1, 0.15) is 32.6 Å². The number of aliphatic hydroxyl groups is 2. The lowest BCUT2D eigenvalue weighted by atomic mass is 10.1. The van der Waals surface area contributed by atoms with Crippen LogP contribution in [0.15, 0.2) is 17.3 Å². The quantitative estimate of drug-likeness (QED) is 0.318. The number of hydroxylamine groups is 1. The second-order valence-corrected chi connectivity index (χ2v) is 6.32. The van der Waals surface area contributed by atoms with Gasteiger partial charge in [0.15, 0.2) is 24.3 Å². The minimum Gasteiger partial charge on any atom is -0.424 e. The molecule has 11 nitrogen and oxygen atoms in total. The van der Waals surface area contributed by atoms with Crippen molar-refractivity contribution in [2.24, 2.45) is 4.99 Å². The first-order chi connectivity index (χ1) is 13.0. The number of carbonyl (C=O) groups excluding carboxylic acids is 2. The van der Waals surface area contributed by atoms with Crippen LogP contribution >= 0.6 is 0 Å². The van der Waals surface area contributed by atoms with E-state index in [4.69, 9.17) is 19.0 Å². The van der Waals surface area contributed by atoms with Gasteiger partial charge in [-0.05, 0) is 12.5 Å². The van der Waals surface area contributed by atoms with Crippen LogP contribution in [-0.4, -0.2) is 70.6 Å². The maximum atomic E-state index is 11.6. The summed E-state index contributed by atoms with van der Waals surface area (Å²) in [4.78, 5) is 33.1. The molecule has 3 rings (SSSR count). The molecule has 0 aromatic rings. The van der Waals surface area contributed by atoms with Gasteiger partial charge in [0, 0.05) is 12.6 Å². The van der Waals surface area contributed by atoms with Gasteiger partial charge < -0.3 is 34.2 Å². The minimum atomic E-state index is -1.38. The maximum Gasteiger partial charge on any atom is 0.509 e. The van der Waals surface area contributed by atoms with Gasteiger partial charge in [0.1, 0.15) is 6.10 Å². The second-order valence-electron chi connectivity index (χ2n) is 6.32. The number of nitrogens with zero attached hydrogens (tertiary/aromatic N) is 2. The number of fused-ring (bicyclic) bond motifs is 1. The molecule has 1 unspecified atom stereocenters. The normalized spacial score (nSPS) is 31.8. The Morgan fingerprint density at radius 3 is 2.85 bits per heavy atom. The van der Waals surface area contributed by atoms with Crippen LogP contribution < -0.4 is 5.48 Å². The molecule has 0 aliphatic carbocycles. The van der Waals surface area contributed by atoms with Gasteiger partial charge >= 0.3 is 12.1 Å². The van der Waals surface area contributed by atoms with E-state index in [0.717, 1.165) is 19.3 Å². The van der Waals surface area contributed by atoms with E-state index in [2.05, 4.69) is 10.5 Å². The third kappa shape index (κ3) is 4.31. The highest BCUT2D eigenvalue weighted by atomic mass is 16.8. The molecule has 3 heterocycles. The summed E-state index contributed by atoms with van der Waals surface area (Å²) in [6.45, 7) is 1.67. The molecule has 2 fully saturated rings. The Morgan fingerprint density at radius 2 is 2.15 bits per heavy atom. The summed E-state index contributed by atoms with van der Waals surface area (Å²) in [6.07, 6.45) is 0.446. The predicted molar refractivity (Wildman–Crippen MR) is 88.7 cm³/mol. The van der Waals surface area contributed by atoms with Crippen molar-refractivity contribution < 1.29 is 38.9 Å². The summed E-state index contributed by atoms with van der Waals surface area (Å²) in [7, 11) is 0. The first-order valence-electron chi connectivity index (χ1n) is 8.84. The van der Waals surface area contributed by atoms with Gasteiger partial charge in [-0.2, -0.15) is 0 Å². The van der Waals surface area contributed by atoms with Crippen molar-refractivity contribution >= 4 is 18.0 Å². The first-order valence-corrected chi connectivity index (χ1v) is 8.84. The van der Waals surface area contributed by atoms with Crippen LogP contribution in [0, 0.1) is 0 Å². The monoisotopic (exact) mass is 385 g/mol. The highest BCUT2D eigenvalue weighted by Crippen LogP contribution is 2.34. The largest absolute Gasteiger partial charge is 0.509 e. The lowest BCUT2D eigenvalue weighted by Gasteiger charge is -2.33. The van der Waals surface area contributed by atoms with Crippen LogP contribution in [0.5, 0.6) is 0 Å². The molecule has 0 bridgehead atoms. The Morgan fingerprint density at radius 1 is 1.37 bits per heavy atom. The Bertz CT molecular complexity index is 625. The fourth-order valence-electron chi connectivity index (χ4n) is 3.04. The highest BCUT2D eigenvalue weighted by molar-refractivity contribution is 5.93. The van der Waals surface area contributed by atoms with Crippen LogP contribution in [0.2, 0.25) is 0 Å².